The molecule has 134 valence electrons. The zero-order valence-electron chi connectivity index (χ0n) is 14.1. The molecule has 1 amide bonds. The van der Waals surface area contributed by atoms with Crippen LogP contribution < -0.4 is 14.8 Å². The monoisotopic (exact) mass is 348 g/mol. The normalized spacial score (nSPS) is 10.2. The summed E-state index contributed by atoms with van der Waals surface area (Å²) in [4.78, 5) is 23.8. The van der Waals surface area contributed by atoms with Crippen molar-refractivity contribution in [1.29, 1.82) is 0 Å². The minimum Gasteiger partial charge on any atom is -0.490 e. The van der Waals surface area contributed by atoms with Crippen LogP contribution in [0.25, 0.3) is 0 Å². The molecule has 0 unspecified atom stereocenters. The topological polar surface area (TPSA) is 99.9 Å². The predicted octanol–water partition coefficient (Wildman–Crippen LogP) is 2.66. The van der Waals surface area contributed by atoms with Gasteiger partial charge >= 0.3 is 5.97 Å². The Morgan fingerprint density at radius 2 is 2.00 bits per heavy atom. The molecule has 1 N–H and O–H groups in total. The number of hydrogen-bond donors (Lipinski definition) is 1. The van der Waals surface area contributed by atoms with Gasteiger partial charge in [-0.1, -0.05) is 12.1 Å². The molecule has 8 nitrogen and oxygen atoms in total. The molecule has 0 aliphatic carbocycles. The third kappa shape index (κ3) is 5.52. The molecule has 1 aromatic carbocycles. The van der Waals surface area contributed by atoms with E-state index < -0.39 is 18.5 Å². The third-order valence-corrected chi connectivity index (χ3v) is 2.98. The summed E-state index contributed by atoms with van der Waals surface area (Å²) in [5.41, 5.74) is 0.265. The highest BCUT2D eigenvalue weighted by Crippen LogP contribution is 2.29. The van der Waals surface area contributed by atoms with E-state index in [2.05, 4.69) is 15.0 Å². The number of carbonyl (C=O) groups excluding carboxylic acids is 2. The number of ether oxygens (including phenoxy) is 3. The fourth-order valence-corrected chi connectivity index (χ4v) is 1.90. The minimum atomic E-state index is -0.640. The average Bonchev–Trinajstić information content (AvgIpc) is 3.11. The summed E-state index contributed by atoms with van der Waals surface area (Å²) < 4.78 is 20.6. The predicted molar refractivity (Wildman–Crippen MR) is 88.8 cm³/mol. The number of hydrogen-bond acceptors (Lipinski definition) is 7. The second-order valence-corrected chi connectivity index (χ2v) is 4.95. The first kappa shape index (κ1) is 18.3. The van der Waals surface area contributed by atoms with Crippen LogP contribution >= 0.6 is 0 Å². The Morgan fingerprint density at radius 3 is 2.68 bits per heavy atom. The lowest BCUT2D eigenvalue weighted by Crippen LogP contribution is -2.21. The van der Waals surface area contributed by atoms with Gasteiger partial charge in [0.05, 0.1) is 18.8 Å². The first-order chi connectivity index (χ1) is 12.1. The van der Waals surface area contributed by atoms with Gasteiger partial charge in [0.1, 0.15) is 6.26 Å². The Balaban J connectivity index is 1.95. The lowest BCUT2D eigenvalue weighted by molar-refractivity contribution is -0.119. The van der Waals surface area contributed by atoms with E-state index in [1.54, 1.807) is 12.1 Å². The third-order valence-electron chi connectivity index (χ3n) is 2.98. The molecule has 1 aromatic heterocycles. The summed E-state index contributed by atoms with van der Waals surface area (Å²) in [6, 6.07) is 6.22. The summed E-state index contributed by atoms with van der Waals surface area (Å²) >= 11 is 0. The Bertz CT molecular complexity index is 699. The SMILES string of the molecule is CCCOc1ccc(C(=O)OCC(=O)Nc2ccon2)cc1OCC. The highest BCUT2D eigenvalue weighted by molar-refractivity contribution is 5.95. The van der Waals surface area contributed by atoms with E-state index in [9.17, 15) is 9.59 Å². The van der Waals surface area contributed by atoms with Gasteiger partial charge in [0, 0.05) is 6.07 Å². The van der Waals surface area contributed by atoms with Gasteiger partial charge < -0.3 is 24.1 Å². The van der Waals surface area contributed by atoms with Crippen molar-refractivity contribution < 1.29 is 28.3 Å². The Labute approximate surface area is 145 Å². The summed E-state index contributed by atoms with van der Waals surface area (Å²) in [6.45, 7) is 4.37. The summed E-state index contributed by atoms with van der Waals surface area (Å²) in [7, 11) is 0. The number of anilines is 1. The van der Waals surface area contributed by atoms with Crippen molar-refractivity contribution in [3.05, 3.63) is 36.1 Å². The largest absolute Gasteiger partial charge is 0.490 e. The molecule has 0 aliphatic heterocycles. The van der Waals surface area contributed by atoms with Gasteiger partial charge in [0.25, 0.3) is 5.91 Å². The fraction of sp³-hybridized carbons (Fsp3) is 0.353. The molecule has 0 saturated carbocycles. The molecule has 1 heterocycles. The molecular weight excluding hydrogens is 328 g/mol. The first-order valence-corrected chi connectivity index (χ1v) is 7.91. The van der Waals surface area contributed by atoms with Gasteiger partial charge in [0.2, 0.25) is 0 Å². The summed E-state index contributed by atoms with van der Waals surface area (Å²) in [5.74, 6) is 0.104. The minimum absolute atomic E-state index is 0.247. The van der Waals surface area contributed by atoms with E-state index in [4.69, 9.17) is 14.2 Å². The lowest BCUT2D eigenvalue weighted by Gasteiger charge is -2.12. The molecule has 0 aliphatic rings. The van der Waals surface area contributed by atoms with Crippen LogP contribution in [0, 0.1) is 0 Å². The molecule has 0 bridgehead atoms. The summed E-state index contributed by atoms with van der Waals surface area (Å²) in [6.07, 6.45) is 2.18. The number of rotatable bonds is 9. The van der Waals surface area contributed by atoms with Crippen LogP contribution in [0.1, 0.15) is 30.6 Å². The molecule has 0 saturated heterocycles. The number of aromatic nitrogens is 1. The molecular formula is C17H20N2O6. The number of esters is 1. The number of nitrogens with zero attached hydrogens (tertiary/aromatic N) is 1. The maximum Gasteiger partial charge on any atom is 0.338 e. The number of carbonyl (C=O) groups is 2. The van der Waals surface area contributed by atoms with Crippen LogP contribution in [-0.2, 0) is 9.53 Å². The highest BCUT2D eigenvalue weighted by Gasteiger charge is 2.14. The van der Waals surface area contributed by atoms with Crippen LogP contribution in [0.15, 0.2) is 35.1 Å². The first-order valence-electron chi connectivity index (χ1n) is 7.91. The van der Waals surface area contributed by atoms with E-state index in [0.717, 1.165) is 6.42 Å². The van der Waals surface area contributed by atoms with E-state index >= 15 is 0 Å². The summed E-state index contributed by atoms with van der Waals surface area (Å²) in [5, 5.41) is 5.96. The van der Waals surface area contributed by atoms with E-state index in [0.29, 0.717) is 24.7 Å². The number of benzene rings is 1. The molecule has 2 aromatic rings. The van der Waals surface area contributed by atoms with Gasteiger partial charge in [-0.25, -0.2) is 4.79 Å². The highest BCUT2D eigenvalue weighted by atomic mass is 16.5. The number of amides is 1. The maximum absolute atomic E-state index is 12.1. The van der Waals surface area contributed by atoms with Crippen molar-refractivity contribution in [2.24, 2.45) is 0 Å². The zero-order chi connectivity index (χ0) is 18.1. The Hall–Kier alpha value is -3.03. The van der Waals surface area contributed by atoms with Crippen LogP contribution in [0.5, 0.6) is 11.5 Å². The zero-order valence-corrected chi connectivity index (χ0v) is 14.1. The molecule has 0 atom stereocenters. The van der Waals surface area contributed by atoms with Gasteiger partial charge in [-0.15, -0.1) is 0 Å². The molecule has 25 heavy (non-hydrogen) atoms. The molecule has 0 radical (unpaired) electrons. The van der Waals surface area contributed by atoms with Gasteiger partial charge in [-0.05, 0) is 31.5 Å². The van der Waals surface area contributed by atoms with E-state index in [1.807, 2.05) is 13.8 Å². The Kier molecular flexibility index (Phi) is 6.82. The lowest BCUT2D eigenvalue weighted by atomic mass is 10.2. The van der Waals surface area contributed by atoms with Crippen LogP contribution in [0.2, 0.25) is 0 Å². The van der Waals surface area contributed by atoms with E-state index in [-0.39, 0.29) is 11.4 Å². The van der Waals surface area contributed by atoms with Crippen LogP contribution in [0.3, 0.4) is 0 Å². The fourth-order valence-electron chi connectivity index (χ4n) is 1.90. The molecule has 2 rings (SSSR count). The van der Waals surface area contributed by atoms with Gasteiger partial charge in [0.15, 0.2) is 23.9 Å². The number of nitrogens with one attached hydrogen (secondary N) is 1. The smallest absolute Gasteiger partial charge is 0.338 e. The molecule has 0 spiro atoms. The average molecular weight is 348 g/mol. The second kappa shape index (κ2) is 9.31. The standard InChI is InChI=1S/C17H20N2O6/c1-3-8-23-13-6-5-12(10-14(13)22-4-2)17(21)24-11-16(20)18-15-7-9-25-19-15/h5-7,9-10H,3-4,8,11H2,1-2H3,(H,18,19,20). The van der Waals surface area contributed by atoms with Crippen molar-refractivity contribution in [2.45, 2.75) is 20.3 Å². The van der Waals surface area contributed by atoms with Gasteiger partial charge in [-0.3, -0.25) is 4.79 Å². The quantitative estimate of drug-likeness (QED) is 0.695. The van der Waals surface area contributed by atoms with Crippen molar-refractivity contribution in [3.63, 3.8) is 0 Å². The van der Waals surface area contributed by atoms with Crippen molar-refractivity contribution in [2.75, 3.05) is 25.1 Å². The van der Waals surface area contributed by atoms with Crippen molar-refractivity contribution in [1.82, 2.24) is 5.16 Å². The molecule has 8 heteroatoms. The van der Waals surface area contributed by atoms with Crippen molar-refractivity contribution >= 4 is 17.7 Å². The van der Waals surface area contributed by atoms with Crippen molar-refractivity contribution in [3.8, 4) is 11.5 Å². The van der Waals surface area contributed by atoms with Gasteiger partial charge in [-0.2, -0.15) is 0 Å². The van der Waals surface area contributed by atoms with E-state index in [1.165, 1.54) is 18.4 Å². The van der Waals surface area contributed by atoms with Crippen LogP contribution in [0.4, 0.5) is 5.82 Å². The Morgan fingerprint density at radius 1 is 1.16 bits per heavy atom. The molecule has 0 fully saturated rings. The van der Waals surface area contributed by atoms with Crippen LogP contribution in [-0.4, -0.2) is 36.9 Å². The second-order valence-electron chi connectivity index (χ2n) is 4.95. The maximum atomic E-state index is 12.1.